The fraction of sp³-hybridized carbons (Fsp3) is 0.231. The first-order valence-corrected chi connectivity index (χ1v) is 11.0. The normalized spacial score (nSPS) is 20.7. The number of pyridine rings is 1. The van der Waals surface area contributed by atoms with Gasteiger partial charge in [0.2, 0.25) is 0 Å². The molecule has 7 heteroatoms. The molecule has 1 aliphatic carbocycles. The van der Waals surface area contributed by atoms with Crippen LogP contribution in [0.4, 0.5) is 0 Å². The van der Waals surface area contributed by atoms with Gasteiger partial charge >= 0.3 is 0 Å². The highest BCUT2D eigenvalue weighted by Gasteiger charge is 2.39. The molecule has 1 fully saturated rings. The van der Waals surface area contributed by atoms with Gasteiger partial charge in [0.25, 0.3) is 11.5 Å². The third-order valence-corrected chi connectivity index (χ3v) is 7.06. The second-order valence-corrected chi connectivity index (χ2v) is 9.00. The van der Waals surface area contributed by atoms with Crippen molar-refractivity contribution in [1.82, 2.24) is 9.47 Å². The Labute approximate surface area is 188 Å². The Morgan fingerprint density at radius 1 is 0.818 bits per heavy atom. The summed E-state index contributed by atoms with van der Waals surface area (Å²) in [5.74, 6) is -1.46. The third-order valence-electron chi connectivity index (χ3n) is 7.06. The van der Waals surface area contributed by atoms with Gasteiger partial charge in [-0.25, -0.2) is 0 Å². The van der Waals surface area contributed by atoms with Gasteiger partial charge < -0.3 is 14.6 Å². The van der Waals surface area contributed by atoms with Crippen molar-refractivity contribution in [2.75, 3.05) is 13.1 Å². The monoisotopic (exact) mass is 440 g/mol. The molecule has 0 unspecified atom stereocenters. The van der Waals surface area contributed by atoms with Crippen molar-refractivity contribution in [3.05, 3.63) is 98.5 Å². The number of benzene rings is 2. The molecule has 1 N–H and O–H groups in total. The fourth-order valence-corrected chi connectivity index (χ4v) is 5.57. The van der Waals surface area contributed by atoms with Gasteiger partial charge in [-0.05, 0) is 30.5 Å². The standard InChI is InChI=1S/C26H20N2O5/c29-21-7-3-6-20-15-10-14(12-28(20)21)11-27(13-15)26(33)19-9-8-18-22(25(19)32)24(31)17-5-2-1-4-16(17)23(18)30/h1-9,14-15,32H,10-13H2/t14-,15+/m0/s1. The summed E-state index contributed by atoms with van der Waals surface area (Å²) >= 11 is 0. The first-order valence-electron chi connectivity index (χ1n) is 11.0. The molecule has 2 bridgehead atoms. The smallest absolute Gasteiger partial charge is 0.257 e. The van der Waals surface area contributed by atoms with Crippen LogP contribution in [0.15, 0.2) is 59.4 Å². The van der Waals surface area contributed by atoms with Gasteiger partial charge in [0.15, 0.2) is 11.6 Å². The molecule has 0 saturated carbocycles. The Bertz CT molecular complexity index is 1440. The molecule has 3 aromatic rings. The zero-order valence-corrected chi connectivity index (χ0v) is 17.7. The summed E-state index contributed by atoms with van der Waals surface area (Å²) in [5, 5.41) is 11.0. The van der Waals surface area contributed by atoms with Gasteiger partial charge in [-0.2, -0.15) is 0 Å². The number of phenolic OH excluding ortho intramolecular Hbond substituents is 1. The average Bonchev–Trinajstić information content (AvgIpc) is 2.82. The Morgan fingerprint density at radius 3 is 2.36 bits per heavy atom. The summed E-state index contributed by atoms with van der Waals surface area (Å²) < 4.78 is 1.79. The van der Waals surface area contributed by atoms with Crippen molar-refractivity contribution in [3.8, 4) is 5.75 Å². The van der Waals surface area contributed by atoms with Crippen LogP contribution in [0.1, 0.15) is 60.2 Å². The minimum atomic E-state index is -0.462. The second kappa shape index (κ2) is 7.00. The van der Waals surface area contributed by atoms with Crippen LogP contribution in [0.25, 0.3) is 0 Å². The molecule has 2 atom stereocenters. The maximum absolute atomic E-state index is 13.5. The first-order chi connectivity index (χ1) is 15.9. The quantitative estimate of drug-likeness (QED) is 0.491. The molecule has 6 rings (SSSR count). The van der Waals surface area contributed by atoms with Gasteiger partial charge in [-0.1, -0.05) is 30.3 Å². The molecule has 2 aliphatic heterocycles. The van der Waals surface area contributed by atoms with Crippen LogP contribution in [0, 0.1) is 5.92 Å². The van der Waals surface area contributed by atoms with E-state index in [1.165, 1.54) is 12.1 Å². The number of phenols is 1. The molecular formula is C26H20N2O5. The van der Waals surface area contributed by atoms with Gasteiger partial charge in [0, 0.05) is 54.0 Å². The van der Waals surface area contributed by atoms with Crippen molar-refractivity contribution in [2.45, 2.75) is 18.9 Å². The maximum Gasteiger partial charge on any atom is 0.257 e. The highest BCUT2D eigenvalue weighted by molar-refractivity contribution is 6.30. The average molecular weight is 440 g/mol. The Morgan fingerprint density at radius 2 is 1.58 bits per heavy atom. The summed E-state index contributed by atoms with van der Waals surface area (Å²) in [6.07, 6.45) is 0.896. The molecule has 33 heavy (non-hydrogen) atoms. The van der Waals surface area contributed by atoms with Crippen LogP contribution >= 0.6 is 0 Å². The van der Waals surface area contributed by atoms with E-state index in [9.17, 15) is 24.3 Å². The lowest BCUT2D eigenvalue weighted by Gasteiger charge is -2.42. The van der Waals surface area contributed by atoms with E-state index in [0.29, 0.717) is 25.2 Å². The van der Waals surface area contributed by atoms with Crippen molar-refractivity contribution in [3.63, 3.8) is 0 Å². The fourth-order valence-electron chi connectivity index (χ4n) is 5.57. The van der Waals surface area contributed by atoms with Crippen molar-refractivity contribution >= 4 is 17.5 Å². The van der Waals surface area contributed by atoms with E-state index in [1.807, 2.05) is 6.07 Å². The number of hydrogen-bond donors (Lipinski definition) is 1. The summed E-state index contributed by atoms with van der Waals surface area (Å²) in [6, 6.07) is 14.6. The number of amides is 1. The molecule has 164 valence electrons. The summed E-state index contributed by atoms with van der Waals surface area (Å²) in [7, 11) is 0. The lowest BCUT2D eigenvalue weighted by Crippen LogP contribution is -2.49. The Balaban J connectivity index is 1.36. The molecule has 3 heterocycles. The van der Waals surface area contributed by atoms with Gasteiger partial charge in [0.05, 0.1) is 11.1 Å². The van der Waals surface area contributed by atoms with Gasteiger partial charge in [-0.3, -0.25) is 19.2 Å². The SMILES string of the molecule is O=C1c2ccccc2C(=O)c2c1ccc(C(=O)N1C[C@@H]3C[C@H](C1)c1cccc(=O)n1C3)c2O. The van der Waals surface area contributed by atoms with E-state index in [2.05, 4.69) is 0 Å². The number of ketones is 2. The Kier molecular flexibility index (Phi) is 4.17. The number of carbonyl (C=O) groups excluding carboxylic acids is 3. The minimum absolute atomic E-state index is 0.0136. The highest BCUT2D eigenvalue weighted by Crippen LogP contribution is 2.38. The second-order valence-electron chi connectivity index (χ2n) is 9.00. The molecule has 2 aromatic carbocycles. The zero-order valence-electron chi connectivity index (χ0n) is 17.7. The van der Waals surface area contributed by atoms with Crippen molar-refractivity contribution in [1.29, 1.82) is 0 Å². The molecule has 1 aromatic heterocycles. The summed E-state index contributed by atoms with van der Waals surface area (Å²) in [5.41, 5.74) is 1.42. The molecule has 3 aliphatic rings. The van der Waals surface area contributed by atoms with Crippen LogP contribution in [-0.4, -0.2) is 45.1 Å². The summed E-state index contributed by atoms with van der Waals surface area (Å²) in [6.45, 7) is 1.43. The molecule has 1 amide bonds. The predicted molar refractivity (Wildman–Crippen MR) is 119 cm³/mol. The van der Waals surface area contributed by atoms with E-state index in [-0.39, 0.29) is 51.3 Å². The van der Waals surface area contributed by atoms with E-state index in [0.717, 1.165) is 12.1 Å². The van der Waals surface area contributed by atoms with Crippen LogP contribution in [-0.2, 0) is 6.54 Å². The topological polar surface area (TPSA) is 96.7 Å². The largest absolute Gasteiger partial charge is 0.506 e. The number of aromatic nitrogens is 1. The molecular weight excluding hydrogens is 420 g/mol. The van der Waals surface area contributed by atoms with Crippen molar-refractivity contribution in [2.24, 2.45) is 5.92 Å². The molecule has 1 saturated heterocycles. The predicted octanol–water partition coefficient (Wildman–Crippen LogP) is 2.59. The molecule has 0 spiro atoms. The number of rotatable bonds is 1. The van der Waals surface area contributed by atoms with E-state index >= 15 is 0 Å². The number of carbonyl (C=O) groups is 3. The number of likely N-dealkylation sites (tertiary alicyclic amines) is 1. The molecule has 7 nitrogen and oxygen atoms in total. The first kappa shape index (κ1) is 19.7. The number of aromatic hydroxyl groups is 1. The number of fused-ring (bicyclic) bond motifs is 6. The maximum atomic E-state index is 13.5. The van der Waals surface area contributed by atoms with Crippen LogP contribution in [0.2, 0.25) is 0 Å². The Hall–Kier alpha value is -4.00. The highest BCUT2D eigenvalue weighted by atomic mass is 16.3. The number of piperidine rings is 1. The van der Waals surface area contributed by atoms with E-state index in [4.69, 9.17) is 0 Å². The zero-order chi connectivity index (χ0) is 22.9. The van der Waals surface area contributed by atoms with Crippen LogP contribution in [0.5, 0.6) is 5.75 Å². The minimum Gasteiger partial charge on any atom is -0.506 e. The molecule has 0 radical (unpaired) electrons. The van der Waals surface area contributed by atoms with Gasteiger partial charge in [0.1, 0.15) is 5.75 Å². The van der Waals surface area contributed by atoms with E-state index in [1.54, 1.807) is 45.9 Å². The number of hydrogen-bond acceptors (Lipinski definition) is 5. The number of nitrogens with zero attached hydrogens (tertiary/aromatic N) is 2. The van der Waals surface area contributed by atoms with Gasteiger partial charge in [-0.15, -0.1) is 0 Å². The van der Waals surface area contributed by atoms with E-state index < -0.39 is 11.5 Å². The van der Waals surface area contributed by atoms with Crippen LogP contribution < -0.4 is 5.56 Å². The van der Waals surface area contributed by atoms with Crippen molar-refractivity contribution < 1.29 is 19.5 Å². The lowest BCUT2D eigenvalue weighted by atomic mass is 9.81. The summed E-state index contributed by atoms with van der Waals surface area (Å²) in [4.78, 5) is 53.3. The lowest BCUT2D eigenvalue weighted by molar-refractivity contribution is 0.0591. The van der Waals surface area contributed by atoms with Crippen LogP contribution in [0.3, 0.4) is 0 Å². The third kappa shape index (κ3) is 2.81.